The van der Waals surface area contributed by atoms with E-state index in [-0.39, 0.29) is 17.9 Å². The summed E-state index contributed by atoms with van der Waals surface area (Å²) in [5.41, 5.74) is 0.214. The summed E-state index contributed by atoms with van der Waals surface area (Å²) in [6, 6.07) is 16.9. The molecule has 0 aromatic heterocycles. The molecule has 2 aromatic carbocycles. The van der Waals surface area contributed by atoms with Crippen LogP contribution >= 0.6 is 0 Å². The van der Waals surface area contributed by atoms with Gasteiger partial charge in [-0.15, -0.1) is 0 Å². The first kappa shape index (κ1) is 23.1. The third-order valence-electron chi connectivity index (χ3n) is 7.96. The Morgan fingerprint density at radius 1 is 1.09 bits per heavy atom. The van der Waals surface area contributed by atoms with E-state index in [0.717, 1.165) is 37.4 Å². The van der Waals surface area contributed by atoms with E-state index >= 15 is 0 Å². The van der Waals surface area contributed by atoms with E-state index < -0.39 is 11.0 Å². The zero-order chi connectivity index (χ0) is 23.8. The number of esters is 1. The van der Waals surface area contributed by atoms with Crippen molar-refractivity contribution in [3.63, 3.8) is 0 Å². The number of carbonyl (C=O) groups excluding carboxylic acids is 2. The van der Waals surface area contributed by atoms with Crippen molar-refractivity contribution in [2.75, 3.05) is 19.6 Å². The molecule has 34 heavy (non-hydrogen) atoms. The summed E-state index contributed by atoms with van der Waals surface area (Å²) >= 11 is 0. The van der Waals surface area contributed by atoms with Crippen LogP contribution in [0.15, 0.2) is 54.6 Å². The van der Waals surface area contributed by atoms with Gasteiger partial charge in [0.1, 0.15) is 5.75 Å². The fourth-order valence-electron chi connectivity index (χ4n) is 6.08. The molecule has 6 heteroatoms. The molecule has 2 aromatic rings. The Kier molecular flexibility index (Phi) is 6.21. The Bertz CT molecular complexity index is 1050. The fraction of sp³-hybridized carbons (Fsp3) is 0.500. The highest BCUT2D eigenvalue weighted by molar-refractivity contribution is 5.94. The van der Waals surface area contributed by atoms with Crippen LogP contribution in [-0.2, 0) is 10.2 Å². The number of β-amino-alcohol motifs (C(OH)–C–C–N with tert-alkyl or cyclic N) is 1. The van der Waals surface area contributed by atoms with Crippen LogP contribution in [-0.4, -0.2) is 53.2 Å². The molecule has 1 heterocycles. The van der Waals surface area contributed by atoms with Crippen molar-refractivity contribution in [1.82, 2.24) is 10.2 Å². The summed E-state index contributed by atoms with van der Waals surface area (Å²) < 4.78 is 5.39. The van der Waals surface area contributed by atoms with Crippen LogP contribution < -0.4 is 10.1 Å². The van der Waals surface area contributed by atoms with Gasteiger partial charge >= 0.3 is 5.97 Å². The Labute approximate surface area is 201 Å². The Morgan fingerprint density at radius 2 is 1.88 bits per heavy atom. The minimum absolute atomic E-state index is 0.0413. The molecule has 2 N–H and O–H groups in total. The van der Waals surface area contributed by atoms with Crippen LogP contribution in [0.2, 0.25) is 0 Å². The van der Waals surface area contributed by atoms with Crippen LogP contribution in [0.25, 0.3) is 0 Å². The molecule has 1 saturated heterocycles. The molecule has 5 rings (SSSR count). The van der Waals surface area contributed by atoms with Gasteiger partial charge in [0.15, 0.2) is 0 Å². The zero-order valence-corrected chi connectivity index (χ0v) is 19.8. The molecule has 2 unspecified atom stereocenters. The molecule has 2 saturated carbocycles. The third kappa shape index (κ3) is 4.62. The number of nitrogens with zero attached hydrogens (tertiary/aromatic N) is 1. The van der Waals surface area contributed by atoms with Crippen molar-refractivity contribution < 1.29 is 19.4 Å². The standard InChI is InChI=1S/C28H34N2O4/c1-20(31)34-25-9-5-8-23(16-25)27-14-15-30(18-21-10-11-21)19-28(27,33)13-12-24(17-27)29-26(32)22-6-3-2-4-7-22/h2-9,16,21,24,33H,10-15,17-19H2,1H3,(H,29,32)/t24-,27?,28?/m1/s1. The summed E-state index contributed by atoms with van der Waals surface area (Å²) in [6.45, 7) is 4.00. The van der Waals surface area contributed by atoms with Crippen molar-refractivity contribution in [1.29, 1.82) is 0 Å². The lowest BCUT2D eigenvalue weighted by atomic mass is 9.55. The number of hydrogen-bond acceptors (Lipinski definition) is 5. The van der Waals surface area contributed by atoms with Crippen molar-refractivity contribution in [2.45, 2.75) is 62.5 Å². The smallest absolute Gasteiger partial charge is 0.308 e. The summed E-state index contributed by atoms with van der Waals surface area (Å²) in [7, 11) is 0. The van der Waals surface area contributed by atoms with Gasteiger partial charge in [-0.05, 0) is 80.8 Å². The highest BCUT2D eigenvalue weighted by Gasteiger charge is 2.58. The van der Waals surface area contributed by atoms with Crippen molar-refractivity contribution in [3.05, 3.63) is 65.7 Å². The number of hydrogen-bond donors (Lipinski definition) is 2. The molecule has 3 aliphatic rings. The van der Waals surface area contributed by atoms with E-state index in [9.17, 15) is 14.7 Å². The minimum atomic E-state index is -0.900. The molecule has 180 valence electrons. The van der Waals surface area contributed by atoms with Gasteiger partial charge in [-0.3, -0.25) is 9.59 Å². The van der Waals surface area contributed by atoms with Gasteiger partial charge in [-0.1, -0.05) is 30.3 Å². The first-order valence-corrected chi connectivity index (χ1v) is 12.5. The monoisotopic (exact) mass is 462 g/mol. The average molecular weight is 463 g/mol. The molecule has 3 fully saturated rings. The fourth-order valence-corrected chi connectivity index (χ4v) is 6.08. The number of benzene rings is 2. The average Bonchev–Trinajstić information content (AvgIpc) is 3.63. The number of nitrogens with one attached hydrogen (secondary N) is 1. The molecular formula is C28H34N2O4. The number of amides is 1. The number of piperidine rings is 1. The largest absolute Gasteiger partial charge is 0.427 e. The summed E-state index contributed by atoms with van der Waals surface area (Å²) in [5.74, 6) is 0.828. The van der Waals surface area contributed by atoms with Crippen LogP contribution in [0.4, 0.5) is 0 Å². The molecular weight excluding hydrogens is 428 g/mol. The van der Waals surface area contributed by atoms with E-state index in [4.69, 9.17) is 4.74 Å². The molecule has 0 spiro atoms. The Morgan fingerprint density at radius 3 is 2.62 bits per heavy atom. The SMILES string of the molecule is CC(=O)Oc1cccc(C23CCN(CC4CC4)CC2(O)CC[C@@H](NC(=O)c2ccccc2)C3)c1. The third-order valence-corrected chi connectivity index (χ3v) is 7.96. The van der Waals surface area contributed by atoms with Crippen LogP contribution in [0.1, 0.15) is 61.4 Å². The minimum Gasteiger partial charge on any atom is -0.427 e. The van der Waals surface area contributed by atoms with Crippen LogP contribution in [0, 0.1) is 5.92 Å². The normalized spacial score (nSPS) is 29.2. The zero-order valence-electron chi connectivity index (χ0n) is 19.8. The van der Waals surface area contributed by atoms with Gasteiger partial charge in [0, 0.05) is 37.0 Å². The maximum Gasteiger partial charge on any atom is 0.308 e. The van der Waals surface area contributed by atoms with Gasteiger partial charge < -0.3 is 20.1 Å². The number of carbonyl (C=O) groups is 2. The molecule has 0 radical (unpaired) electrons. The Balaban J connectivity index is 1.44. The summed E-state index contributed by atoms with van der Waals surface area (Å²) in [4.78, 5) is 26.9. The van der Waals surface area contributed by atoms with Crippen LogP contribution in [0.3, 0.4) is 0 Å². The number of likely N-dealkylation sites (tertiary alicyclic amines) is 1. The second-order valence-corrected chi connectivity index (χ2v) is 10.4. The number of rotatable bonds is 6. The van der Waals surface area contributed by atoms with E-state index in [1.165, 1.54) is 19.8 Å². The molecule has 3 atom stereocenters. The van der Waals surface area contributed by atoms with Gasteiger partial charge in [-0.2, -0.15) is 0 Å². The number of fused-ring (bicyclic) bond motifs is 1. The highest BCUT2D eigenvalue weighted by atomic mass is 16.5. The lowest BCUT2D eigenvalue weighted by Gasteiger charge is -2.58. The maximum absolute atomic E-state index is 12.9. The quantitative estimate of drug-likeness (QED) is 0.506. The molecule has 1 amide bonds. The molecule has 2 aliphatic carbocycles. The number of ether oxygens (including phenoxy) is 1. The molecule has 0 bridgehead atoms. The predicted molar refractivity (Wildman–Crippen MR) is 130 cm³/mol. The predicted octanol–water partition coefficient (Wildman–Crippen LogP) is 3.68. The summed E-state index contributed by atoms with van der Waals surface area (Å²) in [5, 5.41) is 15.4. The van der Waals surface area contributed by atoms with E-state index in [0.29, 0.717) is 30.7 Å². The molecule has 6 nitrogen and oxygen atoms in total. The lowest BCUT2D eigenvalue weighted by molar-refractivity contribution is -0.132. The van der Waals surface area contributed by atoms with Gasteiger partial charge in [0.2, 0.25) is 0 Å². The van der Waals surface area contributed by atoms with Crippen molar-refractivity contribution in [2.24, 2.45) is 5.92 Å². The van der Waals surface area contributed by atoms with E-state index in [1.54, 1.807) is 6.07 Å². The van der Waals surface area contributed by atoms with Crippen LogP contribution in [0.5, 0.6) is 5.75 Å². The first-order chi connectivity index (χ1) is 16.4. The van der Waals surface area contributed by atoms with Crippen molar-refractivity contribution >= 4 is 11.9 Å². The highest BCUT2D eigenvalue weighted by Crippen LogP contribution is 2.52. The Hall–Kier alpha value is -2.70. The second-order valence-electron chi connectivity index (χ2n) is 10.4. The maximum atomic E-state index is 12.9. The van der Waals surface area contributed by atoms with E-state index in [1.807, 2.05) is 48.5 Å². The van der Waals surface area contributed by atoms with Gasteiger partial charge in [0.05, 0.1) is 5.60 Å². The second kappa shape index (κ2) is 9.16. The van der Waals surface area contributed by atoms with E-state index in [2.05, 4.69) is 10.2 Å². The van der Waals surface area contributed by atoms with Gasteiger partial charge in [0.25, 0.3) is 5.91 Å². The topological polar surface area (TPSA) is 78.9 Å². The lowest BCUT2D eigenvalue weighted by Crippen LogP contribution is -2.67. The summed E-state index contributed by atoms with van der Waals surface area (Å²) in [6.07, 6.45) is 5.39. The number of aliphatic hydroxyl groups is 1. The van der Waals surface area contributed by atoms with Gasteiger partial charge in [-0.25, -0.2) is 0 Å². The first-order valence-electron chi connectivity index (χ1n) is 12.5. The van der Waals surface area contributed by atoms with Crippen molar-refractivity contribution in [3.8, 4) is 5.75 Å². The molecule has 1 aliphatic heterocycles.